The van der Waals surface area contributed by atoms with Crippen LogP contribution >= 0.6 is 0 Å². The van der Waals surface area contributed by atoms with Crippen LogP contribution in [0.4, 0.5) is 0 Å². The van der Waals surface area contributed by atoms with Crippen LogP contribution in [0.5, 0.6) is 0 Å². The average Bonchev–Trinajstić information content (AvgIpc) is 2.80. The molecule has 21 heavy (non-hydrogen) atoms. The van der Waals surface area contributed by atoms with E-state index in [-0.39, 0.29) is 17.9 Å². The molecular weight excluding hydrogens is 268 g/mol. The second kappa shape index (κ2) is 5.31. The van der Waals surface area contributed by atoms with Gasteiger partial charge in [-0.3, -0.25) is 14.4 Å². The van der Waals surface area contributed by atoms with E-state index in [9.17, 15) is 14.4 Å². The second-order valence-electron chi connectivity index (χ2n) is 5.78. The zero-order chi connectivity index (χ0) is 15.0. The van der Waals surface area contributed by atoms with E-state index in [2.05, 4.69) is 0 Å². The van der Waals surface area contributed by atoms with Crippen LogP contribution in [0.25, 0.3) is 0 Å². The first kappa shape index (κ1) is 13.8. The van der Waals surface area contributed by atoms with Gasteiger partial charge in [0.2, 0.25) is 11.7 Å². The number of Topliss-reactive ketones (excluding diaryl/α,β-unsaturated/α-hetero) is 1. The number of ketones is 1. The van der Waals surface area contributed by atoms with E-state index in [1.165, 1.54) is 0 Å². The summed E-state index contributed by atoms with van der Waals surface area (Å²) < 4.78 is 0. The molecule has 3 heterocycles. The largest absolute Gasteiger partial charge is 0.341 e. The van der Waals surface area contributed by atoms with Gasteiger partial charge in [-0.05, 0) is 12.8 Å². The zero-order valence-corrected chi connectivity index (χ0v) is 12.0. The van der Waals surface area contributed by atoms with Crippen LogP contribution in [0.3, 0.4) is 0 Å². The SMILES string of the molecule is CN1C(=O)[C@H]2CC[C@@H]1CN(C(=O)C(=O)c1ccccc1)C2. The number of hydrogen-bond donors (Lipinski definition) is 0. The maximum absolute atomic E-state index is 12.4. The molecule has 5 heteroatoms. The van der Waals surface area contributed by atoms with Crippen LogP contribution in [-0.2, 0) is 9.59 Å². The van der Waals surface area contributed by atoms with Crippen molar-refractivity contribution in [3.63, 3.8) is 0 Å². The van der Waals surface area contributed by atoms with Gasteiger partial charge in [0.25, 0.3) is 5.91 Å². The fourth-order valence-electron chi connectivity index (χ4n) is 3.18. The summed E-state index contributed by atoms with van der Waals surface area (Å²) in [5.41, 5.74) is 0.402. The molecule has 3 aliphatic heterocycles. The van der Waals surface area contributed by atoms with Gasteiger partial charge in [0, 0.05) is 31.7 Å². The average molecular weight is 286 g/mol. The van der Waals surface area contributed by atoms with Crippen LogP contribution in [0, 0.1) is 5.92 Å². The Balaban J connectivity index is 1.80. The molecule has 3 fully saturated rings. The molecule has 0 saturated carbocycles. The molecule has 0 spiro atoms. The van der Waals surface area contributed by atoms with Gasteiger partial charge in [0.15, 0.2) is 0 Å². The molecule has 2 bridgehead atoms. The summed E-state index contributed by atoms with van der Waals surface area (Å²) >= 11 is 0. The summed E-state index contributed by atoms with van der Waals surface area (Å²) in [6.07, 6.45) is 1.70. The molecule has 2 amide bonds. The van der Waals surface area contributed by atoms with Crippen molar-refractivity contribution < 1.29 is 14.4 Å². The third-order valence-corrected chi connectivity index (χ3v) is 4.48. The highest BCUT2D eigenvalue weighted by molar-refractivity contribution is 6.42. The smallest absolute Gasteiger partial charge is 0.295 e. The highest BCUT2D eigenvalue weighted by Crippen LogP contribution is 2.28. The Bertz CT molecular complexity index is 584. The molecule has 2 atom stereocenters. The molecule has 0 aromatic heterocycles. The molecule has 3 aliphatic rings. The van der Waals surface area contributed by atoms with Crippen molar-refractivity contribution in [2.75, 3.05) is 20.1 Å². The quantitative estimate of drug-likeness (QED) is 0.601. The molecule has 0 N–H and O–H groups in total. The molecule has 4 rings (SSSR count). The van der Waals surface area contributed by atoms with Crippen molar-refractivity contribution in [1.29, 1.82) is 0 Å². The topological polar surface area (TPSA) is 57.7 Å². The number of carbonyl (C=O) groups excluding carboxylic acids is 3. The molecule has 110 valence electrons. The Morgan fingerprint density at radius 3 is 2.52 bits per heavy atom. The Morgan fingerprint density at radius 1 is 1.10 bits per heavy atom. The first-order valence-corrected chi connectivity index (χ1v) is 7.23. The Kier molecular flexibility index (Phi) is 3.49. The van der Waals surface area contributed by atoms with Crippen LogP contribution in [0.15, 0.2) is 30.3 Å². The minimum absolute atomic E-state index is 0.0313. The van der Waals surface area contributed by atoms with Crippen molar-refractivity contribution in [3.05, 3.63) is 35.9 Å². The van der Waals surface area contributed by atoms with Gasteiger partial charge in [-0.25, -0.2) is 0 Å². The van der Waals surface area contributed by atoms with E-state index in [1.54, 1.807) is 47.2 Å². The van der Waals surface area contributed by atoms with E-state index in [0.717, 1.165) is 12.8 Å². The number of benzene rings is 1. The van der Waals surface area contributed by atoms with Crippen LogP contribution in [0.1, 0.15) is 23.2 Å². The lowest BCUT2D eigenvalue weighted by molar-refractivity contribution is -0.138. The fraction of sp³-hybridized carbons (Fsp3) is 0.438. The number of nitrogens with zero attached hydrogens (tertiary/aromatic N) is 2. The molecule has 1 aromatic rings. The molecule has 0 aliphatic carbocycles. The van der Waals surface area contributed by atoms with Gasteiger partial charge in [0.05, 0.1) is 5.92 Å². The fourth-order valence-corrected chi connectivity index (χ4v) is 3.18. The third-order valence-electron chi connectivity index (χ3n) is 4.48. The zero-order valence-electron chi connectivity index (χ0n) is 12.0. The van der Waals surface area contributed by atoms with Crippen molar-refractivity contribution in [2.24, 2.45) is 5.92 Å². The van der Waals surface area contributed by atoms with Gasteiger partial charge in [-0.2, -0.15) is 0 Å². The first-order chi connectivity index (χ1) is 10.1. The minimum atomic E-state index is -0.499. The van der Waals surface area contributed by atoms with Crippen LogP contribution in [-0.4, -0.2) is 53.6 Å². The maximum atomic E-state index is 12.4. The highest BCUT2D eigenvalue weighted by Gasteiger charge is 2.41. The molecule has 3 saturated heterocycles. The van der Waals surface area contributed by atoms with E-state index in [0.29, 0.717) is 18.7 Å². The normalized spacial score (nSPS) is 24.9. The number of amides is 2. The predicted octanol–water partition coefficient (Wildman–Crippen LogP) is 0.948. The van der Waals surface area contributed by atoms with E-state index in [4.69, 9.17) is 0 Å². The summed E-state index contributed by atoms with van der Waals surface area (Å²) in [5.74, 6) is -1.07. The van der Waals surface area contributed by atoms with Crippen LogP contribution in [0.2, 0.25) is 0 Å². The molecule has 0 radical (unpaired) electrons. The monoisotopic (exact) mass is 286 g/mol. The van der Waals surface area contributed by atoms with Gasteiger partial charge in [0.1, 0.15) is 0 Å². The number of hydrogen-bond acceptors (Lipinski definition) is 3. The van der Waals surface area contributed by atoms with E-state index < -0.39 is 11.7 Å². The standard InChI is InChI=1S/C16H18N2O3/c1-17-13-8-7-12(15(17)20)9-18(10-13)16(21)14(19)11-5-3-2-4-6-11/h2-6,12-13H,7-10H2,1H3/t12-,13+/m0/s1. The lowest BCUT2D eigenvalue weighted by atomic mass is 9.95. The van der Waals surface area contributed by atoms with Crippen LogP contribution < -0.4 is 0 Å². The highest BCUT2D eigenvalue weighted by atomic mass is 16.2. The van der Waals surface area contributed by atoms with Crippen molar-refractivity contribution in [1.82, 2.24) is 9.80 Å². The Hall–Kier alpha value is -2.17. The van der Waals surface area contributed by atoms with E-state index >= 15 is 0 Å². The summed E-state index contributed by atoms with van der Waals surface area (Å²) in [4.78, 5) is 40.1. The summed E-state index contributed by atoms with van der Waals surface area (Å²) in [7, 11) is 1.78. The van der Waals surface area contributed by atoms with Gasteiger partial charge < -0.3 is 9.80 Å². The Morgan fingerprint density at radius 2 is 1.81 bits per heavy atom. The molecular formula is C16H18N2O3. The summed E-state index contributed by atoms with van der Waals surface area (Å²) in [6, 6.07) is 8.60. The lowest BCUT2D eigenvalue weighted by Crippen LogP contribution is -2.45. The number of rotatable bonds is 2. The molecule has 1 aromatic carbocycles. The van der Waals surface area contributed by atoms with Gasteiger partial charge >= 0.3 is 0 Å². The summed E-state index contributed by atoms with van der Waals surface area (Å²) in [6.45, 7) is 0.813. The maximum Gasteiger partial charge on any atom is 0.295 e. The number of fused-ring (bicyclic) bond motifs is 4. The number of likely N-dealkylation sites (N-methyl/N-ethyl adjacent to an activating group) is 1. The third kappa shape index (κ3) is 2.44. The minimum Gasteiger partial charge on any atom is -0.341 e. The Labute approximate surface area is 123 Å². The number of piperidine rings is 1. The second-order valence-corrected chi connectivity index (χ2v) is 5.78. The summed E-state index contributed by atoms with van der Waals surface area (Å²) in [5, 5.41) is 0. The van der Waals surface area contributed by atoms with Gasteiger partial charge in [-0.1, -0.05) is 30.3 Å². The lowest BCUT2D eigenvalue weighted by Gasteiger charge is -2.32. The van der Waals surface area contributed by atoms with Crippen molar-refractivity contribution >= 4 is 17.6 Å². The molecule has 0 unspecified atom stereocenters. The van der Waals surface area contributed by atoms with Gasteiger partial charge in [-0.15, -0.1) is 0 Å². The molecule has 5 nitrogen and oxygen atoms in total. The van der Waals surface area contributed by atoms with Crippen molar-refractivity contribution in [3.8, 4) is 0 Å². The number of carbonyl (C=O) groups is 3. The van der Waals surface area contributed by atoms with E-state index in [1.807, 2.05) is 0 Å². The van der Waals surface area contributed by atoms with Crippen molar-refractivity contribution in [2.45, 2.75) is 18.9 Å². The predicted molar refractivity (Wildman–Crippen MR) is 76.6 cm³/mol. The first-order valence-electron chi connectivity index (χ1n) is 7.23.